The molecule has 2 aliphatic rings. The Morgan fingerprint density at radius 1 is 0.933 bits per heavy atom. The van der Waals surface area contributed by atoms with E-state index in [2.05, 4.69) is 41.3 Å². The molecule has 0 spiro atoms. The van der Waals surface area contributed by atoms with Gasteiger partial charge in [0.05, 0.1) is 12.6 Å². The summed E-state index contributed by atoms with van der Waals surface area (Å²) in [5.41, 5.74) is 3.68. The second-order valence-corrected chi connectivity index (χ2v) is 8.89. The molecule has 2 fully saturated rings. The fourth-order valence-electron chi connectivity index (χ4n) is 4.39. The Balaban J connectivity index is 1.26. The van der Waals surface area contributed by atoms with Crippen LogP contribution in [0, 0.1) is 11.7 Å². The molecule has 154 valence electrons. The zero-order chi connectivity index (χ0) is 20.5. The summed E-state index contributed by atoms with van der Waals surface area (Å²) in [7, 11) is 0. The second kappa shape index (κ2) is 8.41. The third kappa shape index (κ3) is 4.23. The molecule has 30 heavy (non-hydrogen) atoms. The zero-order valence-electron chi connectivity index (χ0n) is 16.8. The summed E-state index contributed by atoms with van der Waals surface area (Å²) in [6.45, 7) is 2.54. The van der Waals surface area contributed by atoms with E-state index in [9.17, 15) is 4.39 Å². The molecule has 1 aliphatic carbocycles. The fourth-order valence-corrected chi connectivity index (χ4v) is 4.52. The minimum atomic E-state index is -0.225. The highest BCUT2D eigenvalue weighted by Gasteiger charge is 2.35. The Bertz CT molecular complexity index is 997. The van der Waals surface area contributed by atoms with Crippen LogP contribution in [0.1, 0.15) is 41.5 Å². The first-order chi connectivity index (χ1) is 14.7. The Morgan fingerprint density at radius 2 is 1.63 bits per heavy atom. The van der Waals surface area contributed by atoms with Gasteiger partial charge < -0.3 is 4.74 Å². The van der Waals surface area contributed by atoms with Gasteiger partial charge in [0.25, 0.3) is 0 Å². The SMILES string of the molecule is Fc1ccc(C2CC2)c(OCC2CN(C(c3ccccc3)c3ccc(Cl)cc3)C2)c1. The van der Waals surface area contributed by atoms with Crippen LogP contribution >= 0.6 is 11.6 Å². The van der Waals surface area contributed by atoms with Crippen molar-refractivity contribution in [2.45, 2.75) is 24.8 Å². The number of rotatable bonds is 7. The van der Waals surface area contributed by atoms with Gasteiger partial charge in [0, 0.05) is 30.1 Å². The van der Waals surface area contributed by atoms with Crippen molar-refractivity contribution in [2.75, 3.05) is 19.7 Å². The van der Waals surface area contributed by atoms with Crippen LogP contribution in [-0.2, 0) is 0 Å². The molecule has 1 heterocycles. The van der Waals surface area contributed by atoms with E-state index in [1.54, 1.807) is 12.1 Å². The summed E-state index contributed by atoms with van der Waals surface area (Å²) in [6, 6.07) is 23.9. The first-order valence-corrected chi connectivity index (χ1v) is 11.0. The molecule has 3 aromatic carbocycles. The Labute approximate surface area is 182 Å². The van der Waals surface area contributed by atoms with Crippen LogP contribution in [0.3, 0.4) is 0 Å². The van der Waals surface area contributed by atoms with E-state index in [0.29, 0.717) is 18.4 Å². The van der Waals surface area contributed by atoms with E-state index in [1.807, 2.05) is 24.3 Å². The van der Waals surface area contributed by atoms with Crippen molar-refractivity contribution in [3.63, 3.8) is 0 Å². The van der Waals surface area contributed by atoms with Gasteiger partial charge in [-0.1, -0.05) is 60.1 Å². The number of benzene rings is 3. The van der Waals surface area contributed by atoms with Crippen molar-refractivity contribution in [3.05, 3.63) is 100 Å². The largest absolute Gasteiger partial charge is 0.493 e. The molecular formula is C26H25ClFNO. The van der Waals surface area contributed by atoms with Crippen molar-refractivity contribution >= 4 is 11.6 Å². The number of hydrogen-bond donors (Lipinski definition) is 0. The summed E-state index contributed by atoms with van der Waals surface area (Å²) in [5.74, 6) is 1.49. The molecule has 1 atom stereocenters. The first kappa shape index (κ1) is 19.6. The van der Waals surface area contributed by atoms with Gasteiger partial charge in [-0.05, 0) is 53.6 Å². The smallest absolute Gasteiger partial charge is 0.126 e. The van der Waals surface area contributed by atoms with Crippen LogP contribution < -0.4 is 4.74 Å². The van der Waals surface area contributed by atoms with Crippen LogP contribution in [-0.4, -0.2) is 24.6 Å². The Kier molecular flexibility index (Phi) is 5.49. The third-order valence-corrected chi connectivity index (χ3v) is 6.37. The third-order valence-electron chi connectivity index (χ3n) is 6.12. The van der Waals surface area contributed by atoms with Crippen LogP contribution in [0.25, 0.3) is 0 Å². The average molecular weight is 422 g/mol. The molecule has 0 aromatic heterocycles. The lowest BCUT2D eigenvalue weighted by Gasteiger charge is -2.44. The molecule has 1 saturated carbocycles. The molecule has 3 aromatic rings. The lowest BCUT2D eigenvalue weighted by atomic mass is 9.90. The van der Waals surface area contributed by atoms with Gasteiger partial charge in [0.1, 0.15) is 11.6 Å². The van der Waals surface area contributed by atoms with E-state index in [-0.39, 0.29) is 11.9 Å². The highest BCUT2D eigenvalue weighted by atomic mass is 35.5. The fraction of sp³-hybridized carbons (Fsp3) is 0.308. The van der Waals surface area contributed by atoms with E-state index in [4.69, 9.17) is 16.3 Å². The van der Waals surface area contributed by atoms with Gasteiger partial charge in [-0.3, -0.25) is 4.90 Å². The van der Waals surface area contributed by atoms with Crippen molar-refractivity contribution < 1.29 is 9.13 Å². The minimum Gasteiger partial charge on any atom is -0.493 e. The number of nitrogens with zero attached hydrogens (tertiary/aromatic N) is 1. The molecule has 1 unspecified atom stereocenters. The maximum Gasteiger partial charge on any atom is 0.126 e. The average Bonchev–Trinajstić information content (AvgIpc) is 3.56. The highest BCUT2D eigenvalue weighted by Crippen LogP contribution is 2.44. The van der Waals surface area contributed by atoms with E-state index in [1.165, 1.54) is 24.0 Å². The first-order valence-electron chi connectivity index (χ1n) is 10.6. The number of ether oxygens (including phenoxy) is 1. The topological polar surface area (TPSA) is 12.5 Å². The van der Waals surface area contributed by atoms with Crippen LogP contribution in [0.5, 0.6) is 5.75 Å². The predicted molar refractivity (Wildman–Crippen MR) is 119 cm³/mol. The molecule has 1 aliphatic heterocycles. The van der Waals surface area contributed by atoms with Crippen molar-refractivity contribution in [1.29, 1.82) is 0 Å². The van der Waals surface area contributed by atoms with E-state index in [0.717, 1.165) is 29.4 Å². The standard InChI is InChI=1S/C26H25ClFNO/c27-22-10-8-21(9-11-22)26(20-4-2-1-3-5-20)29-15-18(16-29)17-30-25-14-23(28)12-13-24(25)19-6-7-19/h1-5,8-14,18-19,26H,6-7,15-17H2. The summed E-state index contributed by atoms with van der Waals surface area (Å²) >= 11 is 6.11. The number of halogens is 2. The maximum atomic E-state index is 13.7. The predicted octanol–water partition coefficient (Wildman–Crippen LogP) is 6.46. The van der Waals surface area contributed by atoms with Crippen molar-refractivity contribution in [2.24, 2.45) is 5.92 Å². The van der Waals surface area contributed by atoms with Gasteiger partial charge in [-0.25, -0.2) is 4.39 Å². The monoisotopic (exact) mass is 421 g/mol. The van der Waals surface area contributed by atoms with Gasteiger partial charge >= 0.3 is 0 Å². The molecule has 1 saturated heterocycles. The number of likely N-dealkylation sites (tertiary alicyclic amines) is 1. The van der Waals surface area contributed by atoms with E-state index >= 15 is 0 Å². The van der Waals surface area contributed by atoms with Crippen molar-refractivity contribution in [3.8, 4) is 5.75 Å². The molecule has 5 rings (SSSR count). The van der Waals surface area contributed by atoms with Crippen LogP contribution in [0.15, 0.2) is 72.8 Å². The van der Waals surface area contributed by atoms with Gasteiger partial charge in [0.15, 0.2) is 0 Å². The maximum absolute atomic E-state index is 13.7. The van der Waals surface area contributed by atoms with Gasteiger partial charge in [-0.15, -0.1) is 0 Å². The van der Waals surface area contributed by atoms with Gasteiger partial charge in [0.2, 0.25) is 0 Å². The molecule has 4 heteroatoms. The van der Waals surface area contributed by atoms with Crippen LogP contribution in [0.2, 0.25) is 5.02 Å². The summed E-state index contributed by atoms with van der Waals surface area (Å²) < 4.78 is 19.8. The molecule has 2 nitrogen and oxygen atoms in total. The van der Waals surface area contributed by atoms with Crippen LogP contribution in [0.4, 0.5) is 4.39 Å². The van der Waals surface area contributed by atoms with Gasteiger partial charge in [-0.2, -0.15) is 0 Å². The molecule has 0 amide bonds. The normalized spacial score (nSPS) is 18.1. The second-order valence-electron chi connectivity index (χ2n) is 8.45. The molecular weight excluding hydrogens is 397 g/mol. The summed E-state index contributed by atoms with van der Waals surface area (Å²) in [5, 5.41) is 0.752. The molecule has 0 N–H and O–H groups in total. The molecule has 0 bridgehead atoms. The molecule has 0 radical (unpaired) electrons. The Morgan fingerprint density at radius 3 is 2.33 bits per heavy atom. The number of hydrogen-bond acceptors (Lipinski definition) is 2. The minimum absolute atomic E-state index is 0.205. The quantitative estimate of drug-likeness (QED) is 0.434. The summed E-state index contributed by atoms with van der Waals surface area (Å²) in [4.78, 5) is 2.47. The zero-order valence-corrected chi connectivity index (χ0v) is 17.6. The lowest BCUT2D eigenvalue weighted by molar-refractivity contribution is 0.0375. The van der Waals surface area contributed by atoms with E-state index < -0.39 is 0 Å². The lowest BCUT2D eigenvalue weighted by Crippen LogP contribution is -2.50. The van der Waals surface area contributed by atoms with Crippen molar-refractivity contribution in [1.82, 2.24) is 4.90 Å². The summed E-state index contributed by atoms with van der Waals surface area (Å²) in [6.07, 6.45) is 2.36. The highest BCUT2D eigenvalue weighted by molar-refractivity contribution is 6.30. The Hall–Kier alpha value is -2.36.